The van der Waals surface area contributed by atoms with Crippen molar-refractivity contribution in [1.82, 2.24) is 4.90 Å². The maximum absolute atomic E-state index is 11.8. The minimum atomic E-state index is 0.0704. The number of likely N-dealkylation sites (N-methyl/N-ethyl adjacent to an activating group) is 1. The van der Waals surface area contributed by atoms with Crippen LogP contribution in [0.2, 0.25) is 0 Å². The molecule has 0 aromatic heterocycles. The van der Waals surface area contributed by atoms with Crippen LogP contribution in [-0.4, -0.2) is 29.4 Å². The van der Waals surface area contributed by atoms with E-state index in [-0.39, 0.29) is 5.91 Å². The highest BCUT2D eigenvalue weighted by Crippen LogP contribution is 2.10. The van der Waals surface area contributed by atoms with Gasteiger partial charge in [0.15, 0.2) is 0 Å². The molecule has 1 aromatic rings. The molecule has 0 heterocycles. The van der Waals surface area contributed by atoms with Gasteiger partial charge < -0.3 is 10.6 Å². The van der Waals surface area contributed by atoms with Gasteiger partial charge in [0.25, 0.3) is 0 Å². The van der Waals surface area contributed by atoms with E-state index in [4.69, 9.17) is 18.0 Å². The predicted molar refractivity (Wildman–Crippen MR) is 73.9 cm³/mol. The first-order valence-electron chi connectivity index (χ1n) is 5.57. The van der Waals surface area contributed by atoms with Crippen molar-refractivity contribution < 1.29 is 4.79 Å². The fourth-order valence-corrected chi connectivity index (χ4v) is 1.84. The Morgan fingerprint density at radius 1 is 1.41 bits per heavy atom. The molecule has 0 bridgehead atoms. The van der Waals surface area contributed by atoms with E-state index in [2.05, 4.69) is 19.1 Å². The number of hydrogen-bond acceptors (Lipinski definition) is 2. The van der Waals surface area contributed by atoms with Crippen LogP contribution < -0.4 is 5.73 Å². The fraction of sp³-hybridized carbons (Fsp3) is 0.385. The van der Waals surface area contributed by atoms with Gasteiger partial charge in [0.1, 0.15) is 0 Å². The number of nitrogens with zero attached hydrogens (tertiary/aromatic N) is 1. The van der Waals surface area contributed by atoms with E-state index in [1.54, 1.807) is 11.9 Å². The number of carbonyl (C=O) groups is 1. The summed E-state index contributed by atoms with van der Waals surface area (Å²) < 4.78 is 0. The summed E-state index contributed by atoms with van der Waals surface area (Å²) in [6.07, 6.45) is 1.25. The highest BCUT2D eigenvalue weighted by Gasteiger charge is 2.09. The van der Waals surface area contributed by atoms with Crippen molar-refractivity contribution in [2.24, 2.45) is 5.73 Å². The zero-order valence-corrected chi connectivity index (χ0v) is 11.1. The second-order valence-electron chi connectivity index (χ2n) is 4.14. The highest BCUT2D eigenvalue weighted by molar-refractivity contribution is 7.80. The summed E-state index contributed by atoms with van der Waals surface area (Å²) in [6.45, 7) is 2.40. The van der Waals surface area contributed by atoms with Crippen molar-refractivity contribution in [3.8, 4) is 0 Å². The maximum Gasteiger partial charge on any atom is 0.223 e. The number of thiocarbonyl (C=S) groups is 1. The molecule has 0 unspecified atom stereocenters. The van der Waals surface area contributed by atoms with Gasteiger partial charge in [-0.1, -0.05) is 36.5 Å². The molecular weight excluding hydrogens is 232 g/mol. The van der Waals surface area contributed by atoms with Crippen LogP contribution in [-0.2, 0) is 11.2 Å². The standard InChI is InChI=1S/C13H18N2OS/c1-10-5-3-4-6-11(10)7-8-13(16)15(2)9-12(14)17/h3-6H,7-9H2,1-2H3,(H2,14,17). The lowest BCUT2D eigenvalue weighted by molar-refractivity contribution is -0.129. The van der Waals surface area contributed by atoms with E-state index in [1.165, 1.54) is 11.1 Å². The molecule has 0 aliphatic rings. The zero-order valence-electron chi connectivity index (χ0n) is 10.3. The number of rotatable bonds is 5. The Balaban J connectivity index is 2.48. The molecule has 92 valence electrons. The lowest BCUT2D eigenvalue weighted by atomic mass is 10.0. The topological polar surface area (TPSA) is 46.3 Å². The van der Waals surface area contributed by atoms with Crippen LogP contribution in [0.25, 0.3) is 0 Å². The molecule has 0 spiro atoms. The Hall–Kier alpha value is -1.42. The van der Waals surface area contributed by atoms with Crippen LogP contribution in [0.3, 0.4) is 0 Å². The Kier molecular flexibility index (Phi) is 5.10. The molecule has 0 saturated carbocycles. The van der Waals surface area contributed by atoms with Crippen molar-refractivity contribution in [3.05, 3.63) is 35.4 Å². The quantitative estimate of drug-likeness (QED) is 0.809. The van der Waals surface area contributed by atoms with Crippen LogP contribution in [0.4, 0.5) is 0 Å². The third kappa shape index (κ3) is 4.53. The molecule has 0 aliphatic carbocycles. The molecule has 1 aromatic carbocycles. The van der Waals surface area contributed by atoms with E-state index in [0.29, 0.717) is 18.0 Å². The van der Waals surface area contributed by atoms with Crippen LogP contribution in [0.15, 0.2) is 24.3 Å². The van der Waals surface area contributed by atoms with Crippen LogP contribution >= 0.6 is 12.2 Å². The summed E-state index contributed by atoms with van der Waals surface area (Å²) in [6, 6.07) is 8.10. The summed E-state index contributed by atoms with van der Waals surface area (Å²) in [7, 11) is 1.72. The van der Waals surface area contributed by atoms with E-state index in [1.807, 2.05) is 12.1 Å². The monoisotopic (exact) mass is 250 g/mol. The highest BCUT2D eigenvalue weighted by atomic mass is 32.1. The Morgan fingerprint density at radius 3 is 2.65 bits per heavy atom. The molecule has 0 fully saturated rings. The van der Waals surface area contributed by atoms with Crippen molar-refractivity contribution in [2.45, 2.75) is 19.8 Å². The van der Waals surface area contributed by atoms with Gasteiger partial charge in [-0.2, -0.15) is 0 Å². The smallest absolute Gasteiger partial charge is 0.223 e. The number of benzene rings is 1. The van der Waals surface area contributed by atoms with Crippen molar-refractivity contribution in [2.75, 3.05) is 13.6 Å². The van der Waals surface area contributed by atoms with E-state index >= 15 is 0 Å². The first-order chi connectivity index (χ1) is 8.00. The third-order valence-corrected chi connectivity index (χ3v) is 2.82. The number of hydrogen-bond donors (Lipinski definition) is 1. The van der Waals surface area contributed by atoms with E-state index < -0.39 is 0 Å². The van der Waals surface area contributed by atoms with Gasteiger partial charge in [-0.15, -0.1) is 0 Å². The minimum Gasteiger partial charge on any atom is -0.392 e. The van der Waals surface area contributed by atoms with Crippen LogP contribution in [0.5, 0.6) is 0 Å². The molecule has 3 nitrogen and oxygen atoms in total. The summed E-state index contributed by atoms with van der Waals surface area (Å²) >= 11 is 4.77. The first kappa shape index (κ1) is 13.6. The molecule has 2 N–H and O–H groups in total. The average Bonchev–Trinajstić information content (AvgIpc) is 2.26. The predicted octanol–water partition coefficient (Wildman–Crippen LogP) is 1.67. The number of amides is 1. The lowest BCUT2D eigenvalue weighted by Crippen LogP contribution is -2.34. The average molecular weight is 250 g/mol. The number of carbonyl (C=O) groups excluding carboxylic acids is 1. The molecule has 17 heavy (non-hydrogen) atoms. The van der Waals surface area contributed by atoms with Gasteiger partial charge in [0.05, 0.1) is 11.5 Å². The van der Waals surface area contributed by atoms with Gasteiger partial charge in [0, 0.05) is 13.5 Å². The Morgan fingerprint density at radius 2 is 2.06 bits per heavy atom. The summed E-state index contributed by atoms with van der Waals surface area (Å²) in [5.41, 5.74) is 7.83. The second-order valence-corrected chi connectivity index (χ2v) is 4.67. The Labute approximate surface area is 108 Å². The molecule has 0 radical (unpaired) electrons. The summed E-state index contributed by atoms with van der Waals surface area (Å²) in [4.78, 5) is 13.7. The van der Waals surface area contributed by atoms with Crippen LogP contribution in [0.1, 0.15) is 17.5 Å². The van der Waals surface area contributed by atoms with Gasteiger partial charge in [0.2, 0.25) is 5.91 Å². The Bertz CT molecular complexity index is 418. The largest absolute Gasteiger partial charge is 0.392 e. The molecule has 0 aliphatic heterocycles. The minimum absolute atomic E-state index is 0.0704. The normalized spacial score (nSPS) is 10.0. The third-order valence-electron chi connectivity index (χ3n) is 2.69. The molecular formula is C13H18N2OS. The SMILES string of the molecule is Cc1ccccc1CCC(=O)N(C)CC(N)=S. The number of nitrogens with two attached hydrogens (primary N) is 1. The zero-order chi connectivity index (χ0) is 12.8. The van der Waals surface area contributed by atoms with Crippen molar-refractivity contribution in [1.29, 1.82) is 0 Å². The molecule has 0 atom stereocenters. The van der Waals surface area contributed by atoms with Gasteiger partial charge in [-0.3, -0.25) is 4.79 Å². The molecule has 0 saturated heterocycles. The lowest BCUT2D eigenvalue weighted by Gasteiger charge is -2.16. The molecule has 1 rings (SSSR count). The second kappa shape index (κ2) is 6.35. The maximum atomic E-state index is 11.8. The molecule has 1 amide bonds. The van der Waals surface area contributed by atoms with Gasteiger partial charge >= 0.3 is 0 Å². The van der Waals surface area contributed by atoms with Gasteiger partial charge in [-0.25, -0.2) is 0 Å². The first-order valence-corrected chi connectivity index (χ1v) is 5.98. The summed E-state index contributed by atoms with van der Waals surface area (Å²) in [5, 5.41) is 0. The van der Waals surface area contributed by atoms with Crippen molar-refractivity contribution in [3.63, 3.8) is 0 Å². The molecule has 4 heteroatoms. The van der Waals surface area contributed by atoms with Crippen LogP contribution in [0, 0.1) is 6.92 Å². The van der Waals surface area contributed by atoms with E-state index in [0.717, 1.165) is 6.42 Å². The van der Waals surface area contributed by atoms with E-state index in [9.17, 15) is 4.79 Å². The fourth-order valence-electron chi connectivity index (χ4n) is 1.64. The van der Waals surface area contributed by atoms with Crippen molar-refractivity contribution >= 4 is 23.1 Å². The van der Waals surface area contributed by atoms with Gasteiger partial charge in [-0.05, 0) is 24.5 Å². The number of aryl methyl sites for hydroxylation is 2. The summed E-state index contributed by atoms with van der Waals surface area (Å²) in [5.74, 6) is 0.0704.